The Kier molecular flexibility index (Phi) is 6.86. The third kappa shape index (κ3) is 6.59. The SMILES string of the molecule is CC(C)OCCOCCCc1cc[c]cc1. The van der Waals surface area contributed by atoms with Gasteiger partial charge in [0, 0.05) is 6.61 Å². The molecule has 0 aliphatic heterocycles. The van der Waals surface area contributed by atoms with E-state index in [2.05, 4.69) is 18.2 Å². The predicted molar refractivity (Wildman–Crippen MR) is 65.5 cm³/mol. The number of hydrogen-bond acceptors (Lipinski definition) is 2. The third-order valence-corrected chi connectivity index (χ3v) is 2.22. The number of benzene rings is 1. The average Bonchev–Trinajstić information content (AvgIpc) is 2.29. The fourth-order valence-electron chi connectivity index (χ4n) is 1.41. The maximum Gasteiger partial charge on any atom is 0.0703 e. The van der Waals surface area contributed by atoms with Crippen molar-refractivity contribution in [3.8, 4) is 0 Å². The van der Waals surface area contributed by atoms with Gasteiger partial charge < -0.3 is 9.47 Å². The lowest BCUT2D eigenvalue weighted by atomic mass is 10.1. The van der Waals surface area contributed by atoms with Crippen LogP contribution < -0.4 is 0 Å². The van der Waals surface area contributed by atoms with Crippen molar-refractivity contribution in [2.45, 2.75) is 32.8 Å². The van der Waals surface area contributed by atoms with Crippen LogP contribution in [0, 0.1) is 6.07 Å². The van der Waals surface area contributed by atoms with Crippen molar-refractivity contribution in [3.05, 3.63) is 35.9 Å². The van der Waals surface area contributed by atoms with Crippen molar-refractivity contribution < 1.29 is 9.47 Å². The molecule has 2 heteroatoms. The van der Waals surface area contributed by atoms with E-state index in [-0.39, 0.29) is 0 Å². The summed E-state index contributed by atoms with van der Waals surface area (Å²) in [5.74, 6) is 0. The van der Waals surface area contributed by atoms with Crippen LogP contribution in [-0.4, -0.2) is 25.9 Å². The van der Waals surface area contributed by atoms with Crippen molar-refractivity contribution >= 4 is 0 Å². The van der Waals surface area contributed by atoms with Crippen LogP contribution in [0.5, 0.6) is 0 Å². The average molecular weight is 221 g/mol. The van der Waals surface area contributed by atoms with Crippen LogP contribution in [0.2, 0.25) is 0 Å². The van der Waals surface area contributed by atoms with E-state index < -0.39 is 0 Å². The molecule has 0 spiro atoms. The highest BCUT2D eigenvalue weighted by molar-refractivity contribution is 5.13. The molecule has 0 fully saturated rings. The summed E-state index contributed by atoms with van der Waals surface area (Å²) in [7, 11) is 0. The first-order valence-corrected chi connectivity index (χ1v) is 5.93. The maximum atomic E-state index is 5.47. The van der Waals surface area contributed by atoms with Crippen LogP contribution in [-0.2, 0) is 15.9 Å². The lowest BCUT2D eigenvalue weighted by Crippen LogP contribution is -2.10. The summed E-state index contributed by atoms with van der Waals surface area (Å²) in [5.41, 5.74) is 1.35. The zero-order valence-electron chi connectivity index (χ0n) is 10.2. The van der Waals surface area contributed by atoms with E-state index >= 15 is 0 Å². The molecule has 0 aliphatic rings. The van der Waals surface area contributed by atoms with Crippen LogP contribution in [0.4, 0.5) is 0 Å². The smallest absolute Gasteiger partial charge is 0.0703 e. The molecule has 0 bridgehead atoms. The highest BCUT2D eigenvalue weighted by atomic mass is 16.5. The Hall–Kier alpha value is -0.860. The fourth-order valence-corrected chi connectivity index (χ4v) is 1.41. The minimum absolute atomic E-state index is 0.296. The molecule has 0 amide bonds. The largest absolute Gasteiger partial charge is 0.379 e. The van der Waals surface area contributed by atoms with Crippen LogP contribution >= 0.6 is 0 Å². The first-order valence-electron chi connectivity index (χ1n) is 5.93. The van der Waals surface area contributed by atoms with Gasteiger partial charge in [0.25, 0.3) is 0 Å². The summed E-state index contributed by atoms with van der Waals surface area (Å²) in [4.78, 5) is 0. The van der Waals surface area contributed by atoms with Gasteiger partial charge in [-0.2, -0.15) is 0 Å². The van der Waals surface area contributed by atoms with Crippen LogP contribution in [0.25, 0.3) is 0 Å². The van der Waals surface area contributed by atoms with Crippen LogP contribution in [0.1, 0.15) is 25.8 Å². The summed E-state index contributed by atoms with van der Waals surface area (Å²) in [6, 6.07) is 11.1. The lowest BCUT2D eigenvalue weighted by molar-refractivity contribution is 0.0191. The first kappa shape index (κ1) is 13.2. The van der Waals surface area contributed by atoms with Gasteiger partial charge in [-0.3, -0.25) is 0 Å². The van der Waals surface area contributed by atoms with Gasteiger partial charge in [-0.1, -0.05) is 24.3 Å². The predicted octanol–water partition coefficient (Wildman–Crippen LogP) is 2.86. The van der Waals surface area contributed by atoms with Crippen molar-refractivity contribution in [2.24, 2.45) is 0 Å². The van der Waals surface area contributed by atoms with E-state index in [1.54, 1.807) is 0 Å². The van der Waals surface area contributed by atoms with E-state index in [1.165, 1.54) is 5.56 Å². The normalized spacial score (nSPS) is 10.9. The number of ether oxygens (including phenoxy) is 2. The minimum Gasteiger partial charge on any atom is -0.379 e. The van der Waals surface area contributed by atoms with Gasteiger partial charge in [0.1, 0.15) is 0 Å². The van der Waals surface area contributed by atoms with Crippen molar-refractivity contribution in [1.82, 2.24) is 0 Å². The van der Waals surface area contributed by atoms with Crippen LogP contribution in [0.15, 0.2) is 24.3 Å². The molecule has 1 aromatic rings. The Labute approximate surface area is 98.6 Å². The highest BCUT2D eigenvalue weighted by Gasteiger charge is 1.94. The number of hydrogen-bond donors (Lipinski definition) is 0. The zero-order chi connectivity index (χ0) is 11.6. The van der Waals surface area contributed by atoms with Crippen LogP contribution in [0.3, 0.4) is 0 Å². The lowest BCUT2D eigenvalue weighted by Gasteiger charge is -2.08. The van der Waals surface area contributed by atoms with E-state index in [0.717, 1.165) is 19.4 Å². The molecule has 0 saturated heterocycles. The van der Waals surface area contributed by atoms with E-state index in [4.69, 9.17) is 9.47 Å². The molecule has 0 aliphatic carbocycles. The molecule has 0 atom stereocenters. The van der Waals surface area contributed by atoms with E-state index in [0.29, 0.717) is 19.3 Å². The molecular weight excluding hydrogens is 200 g/mol. The third-order valence-electron chi connectivity index (χ3n) is 2.22. The summed E-state index contributed by atoms with van der Waals surface area (Å²) in [5, 5.41) is 0. The van der Waals surface area contributed by atoms with E-state index in [1.807, 2.05) is 26.0 Å². The van der Waals surface area contributed by atoms with Crippen molar-refractivity contribution in [2.75, 3.05) is 19.8 Å². The molecule has 0 saturated carbocycles. The summed E-state index contributed by atoms with van der Waals surface area (Å²) in [6.07, 6.45) is 2.43. The van der Waals surface area contributed by atoms with E-state index in [9.17, 15) is 0 Å². The Morgan fingerprint density at radius 2 is 1.88 bits per heavy atom. The second-order valence-corrected chi connectivity index (χ2v) is 4.04. The van der Waals surface area contributed by atoms with Gasteiger partial charge >= 0.3 is 0 Å². The first-order chi connectivity index (χ1) is 7.79. The molecule has 1 radical (unpaired) electrons. The molecule has 16 heavy (non-hydrogen) atoms. The quantitative estimate of drug-likeness (QED) is 0.628. The minimum atomic E-state index is 0.296. The Bertz CT molecular complexity index is 257. The Morgan fingerprint density at radius 1 is 1.12 bits per heavy atom. The highest BCUT2D eigenvalue weighted by Crippen LogP contribution is 2.01. The second-order valence-electron chi connectivity index (χ2n) is 4.04. The molecule has 1 rings (SSSR count). The molecule has 0 heterocycles. The summed E-state index contributed by atoms with van der Waals surface area (Å²) in [6.45, 7) is 6.26. The van der Waals surface area contributed by atoms with Gasteiger partial charge in [-0.25, -0.2) is 0 Å². The van der Waals surface area contributed by atoms with Gasteiger partial charge in [-0.05, 0) is 38.3 Å². The fraction of sp³-hybridized carbons (Fsp3) is 0.571. The standard InChI is InChI=1S/C14H21O2/c1-13(2)16-12-11-15-10-6-9-14-7-4-3-5-8-14/h4-5,7-8,13H,6,9-12H2,1-2H3. The van der Waals surface area contributed by atoms with Crippen molar-refractivity contribution in [1.29, 1.82) is 0 Å². The second kappa shape index (κ2) is 8.31. The summed E-state index contributed by atoms with van der Waals surface area (Å²) >= 11 is 0. The zero-order valence-corrected chi connectivity index (χ0v) is 10.2. The maximum absolute atomic E-state index is 5.47. The Morgan fingerprint density at radius 3 is 2.56 bits per heavy atom. The van der Waals surface area contributed by atoms with Gasteiger partial charge in [-0.15, -0.1) is 0 Å². The number of rotatable bonds is 8. The topological polar surface area (TPSA) is 18.5 Å². The molecular formula is C14H21O2. The van der Waals surface area contributed by atoms with Gasteiger partial charge in [0.15, 0.2) is 0 Å². The van der Waals surface area contributed by atoms with Gasteiger partial charge in [0.05, 0.1) is 19.3 Å². The molecule has 0 N–H and O–H groups in total. The van der Waals surface area contributed by atoms with Crippen molar-refractivity contribution in [3.63, 3.8) is 0 Å². The number of aryl methyl sites for hydroxylation is 1. The molecule has 1 aromatic carbocycles. The Balaban J connectivity index is 1.93. The molecule has 0 unspecified atom stereocenters. The summed E-state index contributed by atoms with van der Waals surface area (Å²) < 4.78 is 10.9. The molecule has 0 aromatic heterocycles. The van der Waals surface area contributed by atoms with Gasteiger partial charge in [0.2, 0.25) is 0 Å². The molecule has 89 valence electrons. The monoisotopic (exact) mass is 221 g/mol. The molecule has 2 nitrogen and oxygen atoms in total.